The SMILES string of the molecule is C=CC(=O)OP(=O)(CCCCCCCCCCCCCCCCCCCC)OC. The molecule has 0 aliphatic rings. The summed E-state index contributed by atoms with van der Waals surface area (Å²) < 4.78 is 22.0. The zero-order valence-corrected chi connectivity index (χ0v) is 20.2. The molecule has 0 radical (unpaired) electrons. The van der Waals surface area contributed by atoms with Gasteiger partial charge in [0.25, 0.3) is 0 Å². The normalized spacial score (nSPS) is 13.2. The van der Waals surface area contributed by atoms with Crippen molar-refractivity contribution in [3.8, 4) is 0 Å². The molecule has 0 rings (SSSR count). The van der Waals surface area contributed by atoms with Gasteiger partial charge in [0.15, 0.2) is 0 Å². The van der Waals surface area contributed by atoms with E-state index in [9.17, 15) is 9.36 Å². The second-order valence-corrected chi connectivity index (χ2v) is 10.4. The van der Waals surface area contributed by atoms with E-state index in [4.69, 9.17) is 9.05 Å². The first-order chi connectivity index (χ1) is 14.1. The molecule has 172 valence electrons. The average Bonchev–Trinajstić information content (AvgIpc) is 2.72. The summed E-state index contributed by atoms with van der Waals surface area (Å²) in [5, 5.41) is 0. The molecule has 0 spiro atoms. The quantitative estimate of drug-likeness (QED) is 0.0980. The fourth-order valence-electron chi connectivity index (χ4n) is 3.56. The van der Waals surface area contributed by atoms with Crippen LogP contribution >= 0.6 is 7.60 Å². The van der Waals surface area contributed by atoms with Crippen molar-refractivity contribution < 1.29 is 18.4 Å². The fraction of sp³-hybridized carbons (Fsp3) is 0.875. The highest BCUT2D eigenvalue weighted by Gasteiger charge is 2.25. The number of rotatable bonds is 22. The maximum atomic E-state index is 12.2. The molecule has 5 heteroatoms. The smallest absolute Gasteiger partial charge is 0.381 e. The first kappa shape index (κ1) is 28.4. The van der Waals surface area contributed by atoms with Crippen LogP contribution in [0.15, 0.2) is 12.7 Å². The molecule has 0 bridgehead atoms. The van der Waals surface area contributed by atoms with E-state index >= 15 is 0 Å². The van der Waals surface area contributed by atoms with Crippen molar-refractivity contribution in [1.29, 1.82) is 0 Å². The van der Waals surface area contributed by atoms with Gasteiger partial charge in [0.05, 0.1) is 6.16 Å². The largest absolute Gasteiger partial charge is 0.388 e. The molecule has 0 N–H and O–H groups in total. The highest BCUT2D eigenvalue weighted by atomic mass is 31.2. The molecule has 29 heavy (non-hydrogen) atoms. The second kappa shape index (κ2) is 20.7. The van der Waals surface area contributed by atoms with Gasteiger partial charge in [0.2, 0.25) is 0 Å². The van der Waals surface area contributed by atoms with E-state index in [1.807, 2.05) is 0 Å². The highest BCUT2D eigenvalue weighted by molar-refractivity contribution is 7.54. The Kier molecular flexibility index (Phi) is 20.2. The molecule has 0 fully saturated rings. The Bertz CT molecular complexity index is 437. The van der Waals surface area contributed by atoms with Crippen LogP contribution in [0.25, 0.3) is 0 Å². The Hall–Kier alpha value is -0.600. The molecule has 0 saturated heterocycles. The third kappa shape index (κ3) is 19.1. The zero-order valence-electron chi connectivity index (χ0n) is 19.3. The third-order valence-electron chi connectivity index (χ3n) is 5.46. The molecular weight excluding hydrogens is 383 g/mol. The Morgan fingerprint density at radius 3 is 1.38 bits per heavy atom. The zero-order chi connectivity index (χ0) is 21.6. The molecule has 1 unspecified atom stereocenters. The summed E-state index contributed by atoms with van der Waals surface area (Å²) in [6.45, 7) is 5.59. The number of hydrogen-bond acceptors (Lipinski definition) is 4. The summed E-state index contributed by atoms with van der Waals surface area (Å²) in [4.78, 5) is 11.2. The minimum atomic E-state index is -3.28. The van der Waals surface area contributed by atoms with Crippen molar-refractivity contribution in [2.75, 3.05) is 13.3 Å². The van der Waals surface area contributed by atoms with E-state index in [0.29, 0.717) is 6.16 Å². The van der Waals surface area contributed by atoms with Crippen molar-refractivity contribution >= 4 is 13.6 Å². The van der Waals surface area contributed by atoms with Crippen molar-refractivity contribution in [3.05, 3.63) is 12.7 Å². The van der Waals surface area contributed by atoms with Gasteiger partial charge >= 0.3 is 13.6 Å². The van der Waals surface area contributed by atoms with E-state index in [1.54, 1.807) is 0 Å². The molecular formula is C24H47O4P. The standard InChI is InChI=1S/C24H47O4P/c1-4-6-7-8-9-10-11-12-13-14-15-16-17-18-19-20-21-22-23-29(26,27-3)28-24(25)5-2/h5H,2,4,6-23H2,1,3H3. The van der Waals surface area contributed by atoms with Gasteiger partial charge in [-0.3, -0.25) is 0 Å². The number of hydrogen-bond donors (Lipinski definition) is 0. The highest BCUT2D eigenvalue weighted by Crippen LogP contribution is 2.48. The van der Waals surface area contributed by atoms with Crippen LogP contribution in [0.2, 0.25) is 0 Å². The summed E-state index contributed by atoms with van der Waals surface area (Å²) in [7, 11) is -1.96. The predicted octanol–water partition coefficient (Wildman–Crippen LogP) is 8.60. The summed E-state index contributed by atoms with van der Waals surface area (Å²) in [6.07, 6.45) is 24.9. The van der Waals surface area contributed by atoms with E-state index in [0.717, 1.165) is 25.3 Å². The fourth-order valence-corrected chi connectivity index (χ4v) is 4.86. The van der Waals surface area contributed by atoms with Crippen LogP contribution in [0.4, 0.5) is 0 Å². The summed E-state index contributed by atoms with van der Waals surface area (Å²) >= 11 is 0. The van der Waals surface area contributed by atoms with E-state index < -0.39 is 13.6 Å². The molecule has 0 amide bonds. The van der Waals surface area contributed by atoms with Crippen LogP contribution < -0.4 is 0 Å². The first-order valence-electron chi connectivity index (χ1n) is 12.1. The van der Waals surface area contributed by atoms with Gasteiger partial charge in [-0.1, -0.05) is 123 Å². The monoisotopic (exact) mass is 430 g/mol. The molecule has 0 aliphatic carbocycles. The van der Waals surface area contributed by atoms with Gasteiger partial charge in [-0.15, -0.1) is 0 Å². The predicted molar refractivity (Wildman–Crippen MR) is 125 cm³/mol. The van der Waals surface area contributed by atoms with Crippen LogP contribution in [0.3, 0.4) is 0 Å². The molecule has 1 atom stereocenters. The van der Waals surface area contributed by atoms with Crippen LogP contribution in [0.1, 0.15) is 122 Å². The average molecular weight is 431 g/mol. The lowest BCUT2D eigenvalue weighted by Crippen LogP contribution is -2.03. The number of carbonyl (C=O) groups is 1. The molecule has 0 aromatic rings. The van der Waals surface area contributed by atoms with Gasteiger partial charge in [-0.2, -0.15) is 0 Å². The Balaban J connectivity index is 3.32. The molecule has 0 saturated carbocycles. The minimum Gasteiger partial charge on any atom is -0.388 e. The van der Waals surface area contributed by atoms with Gasteiger partial charge in [0, 0.05) is 13.2 Å². The van der Waals surface area contributed by atoms with Crippen LogP contribution in [0.5, 0.6) is 0 Å². The van der Waals surface area contributed by atoms with E-state index in [-0.39, 0.29) is 0 Å². The summed E-state index contributed by atoms with van der Waals surface area (Å²) in [6, 6.07) is 0. The third-order valence-corrected chi connectivity index (χ3v) is 7.34. The van der Waals surface area contributed by atoms with Crippen molar-refractivity contribution in [3.63, 3.8) is 0 Å². The van der Waals surface area contributed by atoms with Crippen LogP contribution in [-0.2, 0) is 18.4 Å². The Morgan fingerprint density at radius 2 is 1.07 bits per heavy atom. The van der Waals surface area contributed by atoms with Gasteiger partial charge < -0.3 is 9.05 Å². The maximum Gasteiger partial charge on any atom is 0.381 e. The first-order valence-corrected chi connectivity index (χ1v) is 13.8. The lowest BCUT2D eigenvalue weighted by atomic mass is 10.0. The van der Waals surface area contributed by atoms with Gasteiger partial charge in [0.1, 0.15) is 0 Å². The van der Waals surface area contributed by atoms with Crippen molar-refractivity contribution in [1.82, 2.24) is 0 Å². The van der Waals surface area contributed by atoms with Crippen LogP contribution in [-0.4, -0.2) is 19.2 Å². The van der Waals surface area contributed by atoms with Crippen molar-refractivity contribution in [2.24, 2.45) is 0 Å². The second-order valence-electron chi connectivity index (χ2n) is 8.14. The summed E-state index contributed by atoms with van der Waals surface area (Å²) in [5.41, 5.74) is 0. The van der Waals surface area contributed by atoms with E-state index in [2.05, 4.69) is 13.5 Å². The minimum absolute atomic E-state index is 0.293. The molecule has 0 aliphatic heterocycles. The molecule has 0 heterocycles. The number of unbranched alkanes of at least 4 members (excludes halogenated alkanes) is 17. The Morgan fingerprint density at radius 1 is 0.724 bits per heavy atom. The van der Waals surface area contributed by atoms with Crippen molar-refractivity contribution in [2.45, 2.75) is 122 Å². The van der Waals surface area contributed by atoms with Gasteiger partial charge in [-0.05, 0) is 6.42 Å². The lowest BCUT2D eigenvalue weighted by Gasteiger charge is -2.14. The molecule has 0 aromatic carbocycles. The van der Waals surface area contributed by atoms with Crippen LogP contribution in [0, 0.1) is 0 Å². The topological polar surface area (TPSA) is 52.6 Å². The summed E-state index contributed by atoms with van der Waals surface area (Å²) in [5.74, 6) is -0.683. The molecule has 0 aromatic heterocycles. The number of carbonyl (C=O) groups excluding carboxylic acids is 1. The molecule has 4 nitrogen and oxygen atoms in total. The maximum absolute atomic E-state index is 12.2. The van der Waals surface area contributed by atoms with Gasteiger partial charge in [-0.25, -0.2) is 9.36 Å². The van der Waals surface area contributed by atoms with E-state index in [1.165, 1.54) is 103 Å². The lowest BCUT2D eigenvalue weighted by molar-refractivity contribution is -0.129. The Labute approximate surface area is 180 Å².